The number of nitrogens with two attached hydrogens (primary N) is 1. The van der Waals surface area contributed by atoms with Crippen LogP contribution in [0, 0.1) is 46.3 Å². The zero-order valence-corrected chi connectivity index (χ0v) is 25.4. The number of benzene rings is 1. The van der Waals surface area contributed by atoms with Crippen LogP contribution in [0.4, 0.5) is 0 Å². The van der Waals surface area contributed by atoms with Gasteiger partial charge in [0, 0.05) is 32.1 Å². The number of fused-ring (bicyclic) bond motifs is 5. The van der Waals surface area contributed by atoms with E-state index in [9.17, 15) is 19.8 Å². The van der Waals surface area contributed by atoms with E-state index in [1.54, 1.807) is 0 Å². The first kappa shape index (κ1) is 29.3. The van der Waals surface area contributed by atoms with Crippen molar-refractivity contribution in [3.05, 3.63) is 35.9 Å². The maximum absolute atomic E-state index is 13.3. The summed E-state index contributed by atoms with van der Waals surface area (Å²) in [5, 5.41) is 25.7. The molecule has 0 amide bonds. The van der Waals surface area contributed by atoms with Crippen molar-refractivity contribution >= 4 is 11.8 Å². The third-order valence-electron chi connectivity index (χ3n) is 13.3. The molecule has 0 aromatic heterocycles. The number of esters is 1. The van der Waals surface area contributed by atoms with E-state index >= 15 is 0 Å². The number of ether oxygens (including phenoxy) is 1. The van der Waals surface area contributed by atoms with Crippen molar-refractivity contribution in [2.45, 2.75) is 109 Å². The largest absolute Gasteiger partial charge is 0.454 e. The Morgan fingerprint density at radius 1 is 1.05 bits per heavy atom. The number of hydrogen-bond acceptors (Lipinski definition) is 5. The van der Waals surface area contributed by atoms with E-state index in [2.05, 4.69) is 38.2 Å². The summed E-state index contributed by atoms with van der Waals surface area (Å²) in [6.45, 7) is 8.80. The minimum Gasteiger partial charge on any atom is -0.454 e. The maximum Gasteiger partial charge on any atom is 0.306 e. The fourth-order valence-corrected chi connectivity index (χ4v) is 10.9. The molecule has 226 valence electrons. The van der Waals surface area contributed by atoms with Gasteiger partial charge in [-0.2, -0.15) is 0 Å². The lowest BCUT2D eigenvalue weighted by atomic mass is 9.43. The lowest BCUT2D eigenvalue weighted by molar-refractivity contribution is -0.668. The molecule has 1 aliphatic heterocycles. The molecule has 5 fully saturated rings. The van der Waals surface area contributed by atoms with Crippen LogP contribution in [0.15, 0.2) is 30.3 Å². The highest BCUT2D eigenvalue weighted by Gasteiger charge is 2.65. The van der Waals surface area contributed by atoms with Crippen LogP contribution < -0.4 is 5.32 Å². The Bertz CT molecular complexity index is 1120. The second kappa shape index (κ2) is 11.1. The minimum atomic E-state index is -0.524. The molecule has 10 atom stereocenters. The number of quaternary nitrogens is 1. The summed E-state index contributed by atoms with van der Waals surface area (Å²) in [6.07, 6.45) is 7.65. The Balaban J connectivity index is 1.14. The van der Waals surface area contributed by atoms with E-state index in [0.717, 1.165) is 70.0 Å². The van der Waals surface area contributed by atoms with Crippen molar-refractivity contribution in [2.24, 2.45) is 46.3 Å². The highest BCUT2D eigenvalue weighted by molar-refractivity contribution is 5.79. The monoisotopic (exact) mass is 566 g/mol. The van der Waals surface area contributed by atoms with Gasteiger partial charge in [0.05, 0.1) is 25.3 Å². The predicted octanol–water partition coefficient (Wildman–Crippen LogP) is 4.37. The number of rotatable bonds is 6. The standard InChI is InChI=1S/C35H51NO5/c1-22(9-12-31(40)41-35(15-17-36-18-16-35)23-7-5-4-6-8-23)26-10-11-27-32-28(21-30(39)34(26,27)3)33(2)14-13-25(37)19-24(33)20-29(32)38/h4-8,22,24,26-30,32,36,38-39H,9-21H2,1-3H3/p+1/t22-,24+,26-,27+,28+,29?,30?,32+,33+,34-/m1/s1. The van der Waals surface area contributed by atoms with Crippen LogP contribution in [-0.4, -0.2) is 47.3 Å². The molecule has 2 unspecified atom stereocenters. The van der Waals surface area contributed by atoms with Crippen LogP contribution >= 0.6 is 0 Å². The molecule has 1 heterocycles. The molecule has 4 aliphatic carbocycles. The van der Waals surface area contributed by atoms with Gasteiger partial charge in [0.1, 0.15) is 11.4 Å². The first-order chi connectivity index (χ1) is 19.6. The summed E-state index contributed by atoms with van der Waals surface area (Å²) in [4.78, 5) is 25.6. The number of ketones is 1. The number of Topliss-reactive ketones (excluding diaryl/α,β-unsaturated/α-hetero) is 1. The number of aliphatic hydroxyl groups is 2. The summed E-state index contributed by atoms with van der Waals surface area (Å²) in [6, 6.07) is 10.2. The van der Waals surface area contributed by atoms with Gasteiger partial charge in [-0.25, -0.2) is 0 Å². The molecule has 6 nitrogen and oxygen atoms in total. The Labute approximate surface area is 246 Å². The fraction of sp³-hybridized carbons (Fsp3) is 0.771. The van der Waals surface area contributed by atoms with Crippen molar-refractivity contribution in [2.75, 3.05) is 13.1 Å². The summed E-state index contributed by atoms with van der Waals surface area (Å²) in [5.41, 5.74) is 0.345. The molecule has 5 aliphatic rings. The fourth-order valence-electron chi connectivity index (χ4n) is 10.9. The van der Waals surface area contributed by atoms with Crippen molar-refractivity contribution in [1.82, 2.24) is 0 Å². The number of carbonyl (C=O) groups is 2. The van der Waals surface area contributed by atoms with E-state index in [4.69, 9.17) is 4.74 Å². The van der Waals surface area contributed by atoms with Gasteiger partial charge in [-0.1, -0.05) is 51.1 Å². The van der Waals surface area contributed by atoms with Crippen molar-refractivity contribution in [3.63, 3.8) is 0 Å². The topological polar surface area (TPSA) is 100 Å². The normalized spacial score (nSPS) is 42.5. The van der Waals surface area contributed by atoms with Crippen molar-refractivity contribution in [3.8, 4) is 0 Å². The van der Waals surface area contributed by atoms with Crippen LogP contribution in [0.25, 0.3) is 0 Å². The Morgan fingerprint density at radius 2 is 1.78 bits per heavy atom. The second-order valence-electron chi connectivity index (χ2n) is 15.1. The number of aliphatic hydroxyl groups excluding tert-OH is 2. The molecule has 1 saturated heterocycles. The summed E-state index contributed by atoms with van der Waals surface area (Å²) >= 11 is 0. The third kappa shape index (κ3) is 4.90. The quantitative estimate of drug-likeness (QED) is 0.444. The molecule has 41 heavy (non-hydrogen) atoms. The third-order valence-corrected chi connectivity index (χ3v) is 13.3. The second-order valence-corrected chi connectivity index (χ2v) is 15.1. The Morgan fingerprint density at radius 3 is 2.51 bits per heavy atom. The predicted molar refractivity (Wildman–Crippen MR) is 157 cm³/mol. The summed E-state index contributed by atoms with van der Waals surface area (Å²) < 4.78 is 6.32. The van der Waals surface area contributed by atoms with Gasteiger partial charge in [-0.05, 0) is 90.4 Å². The lowest BCUT2D eigenvalue weighted by Crippen LogP contribution is -2.87. The van der Waals surface area contributed by atoms with Gasteiger partial charge in [-0.3, -0.25) is 9.59 Å². The average Bonchev–Trinajstić information content (AvgIpc) is 3.32. The highest BCUT2D eigenvalue weighted by atomic mass is 16.6. The Kier molecular flexibility index (Phi) is 7.91. The SMILES string of the molecule is C[C@H](CCC(=O)OC1(c2ccccc2)CC[NH2+]CC1)[C@H]1CC[C@H]2[C@@H]3C(O)C[C@@H]4CC(=O)CC[C@]4(C)[C@H]3CC(O)[C@]12C. The van der Waals surface area contributed by atoms with E-state index < -0.39 is 17.8 Å². The lowest BCUT2D eigenvalue weighted by Gasteiger charge is -2.63. The van der Waals surface area contributed by atoms with Gasteiger partial charge in [-0.15, -0.1) is 0 Å². The highest BCUT2D eigenvalue weighted by Crippen LogP contribution is 2.68. The maximum atomic E-state index is 13.3. The Hall–Kier alpha value is -1.76. The number of carbonyl (C=O) groups excluding carboxylic acids is 2. The van der Waals surface area contributed by atoms with Gasteiger partial charge < -0.3 is 20.3 Å². The van der Waals surface area contributed by atoms with Gasteiger partial charge in [0.15, 0.2) is 0 Å². The zero-order valence-electron chi connectivity index (χ0n) is 25.4. The molecule has 4 N–H and O–H groups in total. The van der Waals surface area contributed by atoms with E-state index in [-0.39, 0.29) is 46.4 Å². The molecule has 1 aromatic rings. The first-order valence-electron chi connectivity index (χ1n) is 16.6. The molecule has 0 radical (unpaired) electrons. The minimum absolute atomic E-state index is 0.0270. The van der Waals surface area contributed by atoms with Crippen LogP contribution in [0.3, 0.4) is 0 Å². The smallest absolute Gasteiger partial charge is 0.306 e. The van der Waals surface area contributed by atoms with Gasteiger partial charge in [0.2, 0.25) is 0 Å². The molecular formula is C35H52NO5+. The summed E-state index contributed by atoms with van der Waals surface area (Å²) in [5.74, 6) is 1.80. The molecular weight excluding hydrogens is 514 g/mol. The van der Waals surface area contributed by atoms with Crippen molar-refractivity contribution < 1.29 is 29.9 Å². The summed E-state index contributed by atoms with van der Waals surface area (Å²) in [7, 11) is 0. The van der Waals surface area contributed by atoms with Crippen LogP contribution in [0.5, 0.6) is 0 Å². The van der Waals surface area contributed by atoms with Crippen molar-refractivity contribution in [1.29, 1.82) is 0 Å². The van der Waals surface area contributed by atoms with Gasteiger partial charge in [0.25, 0.3) is 0 Å². The molecule has 4 saturated carbocycles. The molecule has 0 spiro atoms. The van der Waals surface area contributed by atoms with E-state index in [1.807, 2.05) is 18.2 Å². The van der Waals surface area contributed by atoms with E-state index in [0.29, 0.717) is 31.0 Å². The first-order valence-corrected chi connectivity index (χ1v) is 16.6. The van der Waals surface area contributed by atoms with E-state index in [1.165, 1.54) is 0 Å². The van der Waals surface area contributed by atoms with Crippen LogP contribution in [-0.2, 0) is 19.9 Å². The number of hydrogen-bond donors (Lipinski definition) is 3. The molecule has 6 rings (SSSR count). The van der Waals surface area contributed by atoms with Gasteiger partial charge >= 0.3 is 5.97 Å². The van der Waals surface area contributed by atoms with Crippen LogP contribution in [0.2, 0.25) is 0 Å². The molecule has 1 aromatic carbocycles. The molecule has 6 heteroatoms. The zero-order chi connectivity index (χ0) is 29.0. The molecule has 0 bridgehead atoms. The average molecular weight is 567 g/mol. The number of piperidine rings is 1. The van der Waals surface area contributed by atoms with Crippen LogP contribution in [0.1, 0.15) is 97.0 Å².